The number of nitrogens with zero attached hydrogens (tertiary/aromatic N) is 1. The fourth-order valence-electron chi connectivity index (χ4n) is 1.25. The maximum Gasteiger partial charge on any atom is 0.168 e. The molecule has 0 spiro atoms. The molecule has 1 aromatic rings. The van der Waals surface area contributed by atoms with Crippen LogP contribution in [0.15, 0.2) is 12.3 Å². The van der Waals surface area contributed by atoms with Gasteiger partial charge in [-0.15, -0.1) is 0 Å². The minimum atomic E-state index is 0.738. The Morgan fingerprint density at radius 3 is 3.42 bits per heavy atom. The molecular weight excluding hydrogens is 152 g/mol. The molecule has 0 saturated carbocycles. The van der Waals surface area contributed by atoms with Gasteiger partial charge in [-0.25, -0.2) is 4.98 Å². The van der Waals surface area contributed by atoms with E-state index >= 15 is 0 Å². The molecule has 0 radical (unpaired) electrons. The monoisotopic (exact) mass is 164 g/mol. The van der Waals surface area contributed by atoms with Crippen LogP contribution in [0.1, 0.15) is 12.5 Å². The van der Waals surface area contributed by atoms with Gasteiger partial charge in [0, 0.05) is 6.20 Å². The SMILES string of the molecule is CCc1cnc2c(c1)OCCN2. The average molecular weight is 164 g/mol. The van der Waals surface area contributed by atoms with Crippen molar-refractivity contribution in [3.63, 3.8) is 0 Å². The number of anilines is 1. The molecule has 0 aliphatic carbocycles. The minimum Gasteiger partial charge on any atom is -0.488 e. The summed E-state index contributed by atoms with van der Waals surface area (Å²) in [7, 11) is 0. The molecule has 3 nitrogen and oxygen atoms in total. The van der Waals surface area contributed by atoms with E-state index in [1.54, 1.807) is 0 Å². The van der Waals surface area contributed by atoms with Crippen molar-refractivity contribution in [2.24, 2.45) is 0 Å². The first-order valence-corrected chi connectivity index (χ1v) is 4.25. The zero-order valence-electron chi connectivity index (χ0n) is 7.13. The van der Waals surface area contributed by atoms with Crippen LogP contribution < -0.4 is 10.1 Å². The van der Waals surface area contributed by atoms with Crippen LogP contribution in [0.3, 0.4) is 0 Å². The van der Waals surface area contributed by atoms with Gasteiger partial charge in [0.25, 0.3) is 0 Å². The van der Waals surface area contributed by atoms with Crippen molar-refractivity contribution in [3.8, 4) is 5.75 Å². The van der Waals surface area contributed by atoms with E-state index in [1.165, 1.54) is 5.56 Å². The first-order chi connectivity index (χ1) is 5.90. The lowest BCUT2D eigenvalue weighted by atomic mass is 10.2. The van der Waals surface area contributed by atoms with Crippen LogP contribution in [0.5, 0.6) is 5.75 Å². The fourth-order valence-corrected chi connectivity index (χ4v) is 1.25. The Balaban J connectivity index is 2.36. The second-order valence-electron chi connectivity index (χ2n) is 2.82. The van der Waals surface area contributed by atoms with Crippen LogP contribution in [-0.4, -0.2) is 18.1 Å². The molecule has 1 aromatic heterocycles. The maximum atomic E-state index is 5.44. The molecule has 2 heterocycles. The molecule has 1 aliphatic heterocycles. The highest BCUT2D eigenvalue weighted by Gasteiger charge is 2.10. The van der Waals surface area contributed by atoms with Gasteiger partial charge in [-0.1, -0.05) is 6.92 Å². The molecule has 1 aliphatic rings. The number of hydrogen-bond donors (Lipinski definition) is 1. The number of hydrogen-bond acceptors (Lipinski definition) is 3. The van der Waals surface area contributed by atoms with Gasteiger partial charge < -0.3 is 10.1 Å². The molecule has 0 saturated heterocycles. The Kier molecular flexibility index (Phi) is 1.86. The Labute approximate surface area is 71.8 Å². The summed E-state index contributed by atoms with van der Waals surface area (Å²) >= 11 is 0. The van der Waals surface area contributed by atoms with Crippen molar-refractivity contribution in [1.82, 2.24) is 4.98 Å². The normalized spacial score (nSPS) is 14.4. The van der Waals surface area contributed by atoms with Crippen molar-refractivity contribution in [1.29, 1.82) is 0 Å². The number of fused-ring (bicyclic) bond motifs is 1. The van der Waals surface area contributed by atoms with Crippen LogP contribution in [0, 0.1) is 0 Å². The van der Waals surface area contributed by atoms with Crippen molar-refractivity contribution < 1.29 is 4.74 Å². The first kappa shape index (κ1) is 7.40. The molecule has 12 heavy (non-hydrogen) atoms. The molecule has 3 heteroatoms. The quantitative estimate of drug-likeness (QED) is 0.682. The van der Waals surface area contributed by atoms with Crippen LogP contribution >= 0.6 is 0 Å². The number of aromatic nitrogens is 1. The summed E-state index contributed by atoms with van der Waals surface area (Å²) < 4.78 is 5.44. The summed E-state index contributed by atoms with van der Waals surface area (Å²) in [5.41, 5.74) is 1.22. The van der Waals surface area contributed by atoms with Gasteiger partial charge >= 0.3 is 0 Å². The largest absolute Gasteiger partial charge is 0.488 e. The van der Waals surface area contributed by atoms with E-state index in [0.717, 1.165) is 31.1 Å². The highest BCUT2D eigenvalue weighted by atomic mass is 16.5. The van der Waals surface area contributed by atoms with Crippen molar-refractivity contribution in [2.45, 2.75) is 13.3 Å². The summed E-state index contributed by atoms with van der Waals surface area (Å²) in [6, 6.07) is 2.05. The lowest BCUT2D eigenvalue weighted by Gasteiger charge is -2.18. The van der Waals surface area contributed by atoms with Crippen molar-refractivity contribution in [3.05, 3.63) is 17.8 Å². The molecule has 0 unspecified atom stereocenters. The third-order valence-corrected chi connectivity index (χ3v) is 1.97. The van der Waals surface area contributed by atoms with E-state index < -0.39 is 0 Å². The summed E-state index contributed by atoms with van der Waals surface area (Å²) in [4.78, 5) is 4.25. The van der Waals surface area contributed by atoms with Crippen molar-refractivity contribution >= 4 is 5.82 Å². The number of nitrogens with one attached hydrogen (secondary N) is 1. The predicted molar refractivity (Wildman–Crippen MR) is 47.6 cm³/mol. The Morgan fingerprint density at radius 2 is 2.58 bits per heavy atom. The fraction of sp³-hybridized carbons (Fsp3) is 0.444. The number of ether oxygens (including phenoxy) is 1. The minimum absolute atomic E-state index is 0.738. The second-order valence-corrected chi connectivity index (χ2v) is 2.82. The summed E-state index contributed by atoms with van der Waals surface area (Å²) in [5, 5.41) is 3.18. The highest BCUT2D eigenvalue weighted by molar-refractivity contribution is 5.52. The molecule has 0 atom stereocenters. The number of aryl methyl sites for hydroxylation is 1. The molecule has 0 amide bonds. The second kappa shape index (κ2) is 3.01. The molecule has 0 fully saturated rings. The Morgan fingerprint density at radius 1 is 1.67 bits per heavy atom. The summed E-state index contributed by atoms with van der Waals surface area (Å²) in [6.45, 7) is 3.70. The topological polar surface area (TPSA) is 34.1 Å². The first-order valence-electron chi connectivity index (χ1n) is 4.25. The third-order valence-electron chi connectivity index (χ3n) is 1.97. The third kappa shape index (κ3) is 1.22. The summed E-state index contributed by atoms with van der Waals surface area (Å²) in [5.74, 6) is 1.76. The van der Waals surface area contributed by atoms with Crippen LogP contribution in [0.4, 0.5) is 5.82 Å². The van der Waals surface area contributed by atoms with E-state index in [4.69, 9.17) is 4.74 Å². The van der Waals surface area contributed by atoms with Gasteiger partial charge in [-0.2, -0.15) is 0 Å². The van der Waals surface area contributed by atoms with E-state index in [-0.39, 0.29) is 0 Å². The highest BCUT2D eigenvalue weighted by Crippen LogP contribution is 2.25. The molecule has 1 N–H and O–H groups in total. The van der Waals surface area contributed by atoms with E-state index in [9.17, 15) is 0 Å². The number of rotatable bonds is 1. The van der Waals surface area contributed by atoms with Crippen LogP contribution in [-0.2, 0) is 6.42 Å². The van der Waals surface area contributed by atoms with E-state index in [1.807, 2.05) is 6.20 Å². The average Bonchev–Trinajstić information content (AvgIpc) is 2.17. The van der Waals surface area contributed by atoms with Gasteiger partial charge in [-0.3, -0.25) is 0 Å². The van der Waals surface area contributed by atoms with Gasteiger partial charge in [0.2, 0.25) is 0 Å². The van der Waals surface area contributed by atoms with Gasteiger partial charge in [0.05, 0.1) is 6.54 Å². The van der Waals surface area contributed by atoms with E-state index in [2.05, 4.69) is 23.3 Å². The molecular formula is C9H12N2O. The molecule has 0 aromatic carbocycles. The Hall–Kier alpha value is -1.25. The van der Waals surface area contributed by atoms with Crippen LogP contribution in [0.25, 0.3) is 0 Å². The van der Waals surface area contributed by atoms with Crippen molar-refractivity contribution in [2.75, 3.05) is 18.5 Å². The Bertz CT molecular complexity index is 286. The van der Waals surface area contributed by atoms with Gasteiger partial charge in [0.15, 0.2) is 11.6 Å². The lowest BCUT2D eigenvalue weighted by molar-refractivity contribution is 0.321. The lowest BCUT2D eigenvalue weighted by Crippen LogP contribution is -2.19. The summed E-state index contributed by atoms with van der Waals surface area (Å²) in [6.07, 6.45) is 2.89. The van der Waals surface area contributed by atoms with Gasteiger partial charge in [0.1, 0.15) is 6.61 Å². The zero-order valence-corrected chi connectivity index (χ0v) is 7.13. The predicted octanol–water partition coefficient (Wildman–Crippen LogP) is 1.45. The number of pyridine rings is 1. The smallest absolute Gasteiger partial charge is 0.168 e. The zero-order chi connectivity index (χ0) is 8.39. The maximum absolute atomic E-state index is 5.44. The standard InChI is InChI=1S/C9H12N2O/c1-2-7-5-8-9(11-6-7)10-3-4-12-8/h5-6H,2-4H2,1H3,(H,10,11). The van der Waals surface area contributed by atoms with E-state index in [0.29, 0.717) is 0 Å². The molecule has 2 rings (SSSR count). The van der Waals surface area contributed by atoms with Gasteiger partial charge in [-0.05, 0) is 18.1 Å². The van der Waals surface area contributed by atoms with Crippen LogP contribution in [0.2, 0.25) is 0 Å². The molecule has 0 bridgehead atoms. The molecule has 64 valence electrons.